The Bertz CT molecular complexity index is 545. The van der Waals surface area contributed by atoms with Gasteiger partial charge in [0, 0.05) is 17.1 Å². The minimum Gasteiger partial charge on any atom is -0.495 e. The summed E-state index contributed by atoms with van der Waals surface area (Å²) in [4.78, 5) is 15.6. The second-order valence-electron chi connectivity index (χ2n) is 3.46. The Morgan fingerprint density at radius 3 is 2.94 bits per heavy atom. The predicted octanol–water partition coefficient (Wildman–Crippen LogP) is 1.20. The molecule has 0 bridgehead atoms. The minimum atomic E-state index is -0.205. The number of methoxy groups -OCH3 is 1. The lowest BCUT2D eigenvalue weighted by atomic mass is 10.1. The van der Waals surface area contributed by atoms with Gasteiger partial charge in [-0.15, -0.1) is 0 Å². The minimum absolute atomic E-state index is 0.0627. The van der Waals surface area contributed by atoms with Crippen LogP contribution in [0.5, 0.6) is 5.75 Å². The smallest absolute Gasteiger partial charge is 0.162 e. The van der Waals surface area contributed by atoms with E-state index in [2.05, 4.69) is 4.98 Å². The average Bonchev–Trinajstić information content (AvgIpc) is 2.66. The van der Waals surface area contributed by atoms with Gasteiger partial charge < -0.3 is 14.4 Å². The number of ketones is 1. The third kappa shape index (κ3) is 1.55. The van der Waals surface area contributed by atoms with E-state index < -0.39 is 0 Å². The second-order valence-corrected chi connectivity index (χ2v) is 3.46. The summed E-state index contributed by atoms with van der Waals surface area (Å²) >= 11 is 0. The maximum absolute atomic E-state index is 11.4. The first-order valence-electron chi connectivity index (χ1n) is 4.82. The molecular formula is C11H12N2O3. The van der Waals surface area contributed by atoms with Crippen molar-refractivity contribution in [3.8, 4) is 5.75 Å². The molecule has 0 atom stereocenters. The van der Waals surface area contributed by atoms with Gasteiger partial charge in [-0.05, 0) is 13.0 Å². The summed E-state index contributed by atoms with van der Waals surface area (Å²) in [7, 11) is 1.54. The lowest BCUT2D eigenvalue weighted by molar-refractivity contribution is 0.101. The predicted molar refractivity (Wildman–Crippen MR) is 58.5 cm³/mol. The fourth-order valence-corrected chi connectivity index (χ4v) is 1.65. The van der Waals surface area contributed by atoms with Crippen molar-refractivity contribution in [2.45, 2.75) is 13.7 Å². The molecule has 84 valence electrons. The Hall–Kier alpha value is -1.88. The quantitative estimate of drug-likeness (QED) is 0.789. The maximum Gasteiger partial charge on any atom is 0.162 e. The monoisotopic (exact) mass is 220 g/mol. The van der Waals surface area contributed by atoms with Crippen molar-refractivity contribution in [2.75, 3.05) is 7.11 Å². The van der Waals surface area contributed by atoms with E-state index in [1.165, 1.54) is 11.5 Å². The topological polar surface area (TPSA) is 64.3 Å². The van der Waals surface area contributed by atoms with Gasteiger partial charge in [0.2, 0.25) is 0 Å². The first-order chi connectivity index (χ1) is 7.67. The number of aliphatic hydroxyl groups is 1. The van der Waals surface area contributed by atoms with Gasteiger partial charge >= 0.3 is 0 Å². The molecule has 0 fully saturated rings. The Morgan fingerprint density at radius 2 is 2.38 bits per heavy atom. The van der Waals surface area contributed by atoms with E-state index in [-0.39, 0.29) is 12.5 Å². The van der Waals surface area contributed by atoms with Crippen LogP contribution in [0.1, 0.15) is 17.3 Å². The third-order valence-electron chi connectivity index (χ3n) is 2.46. The number of hydrogen-bond donors (Lipinski definition) is 1. The Kier molecular flexibility index (Phi) is 2.62. The highest BCUT2D eigenvalue weighted by atomic mass is 16.5. The van der Waals surface area contributed by atoms with E-state index in [0.717, 1.165) is 0 Å². The highest BCUT2D eigenvalue weighted by molar-refractivity contribution is 6.06. The number of ether oxygens (including phenoxy) is 1. The van der Waals surface area contributed by atoms with Crippen LogP contribution in [0.4, 0.5) is 0 Å². The van der Waals surface area contributed by atoms with Crippen LogP contribution in [0, 0.1) is 0 Å². The molecule has 0 saturated carbocycles. The highest BCUT2D eigenvalue weighted by Crippen LogP contribution is 2.23. The number of rotatable bonds is 3. The Labute approximate surface area is 92.3 Å². The van der Waals surface area contributed by atoms with E-state index in [9.17, 15) is 4.79 Å². The van der Waals surface area contributed by atoms with Crippen molar-refractivity contribution < 1.29 is 14.6 Å². The number of Topliss-reactive ketones (excluding diaryl/α,β-unsaturated/α-hetero) is 1. The number of aliphatic hydroxyl groups excluding tert-OH is 1. The summed E-state index contributed by atoms with van der Waals surface area (Å²) in [5.74, 6) is 0.526. The van der Waals surface area contributed by atoms with Crippen LogP contribution in [0.25, 0.3) is 11.0 Å². The Balaban J connectivity index is 2.75. The van der Waals surface area contributed by atoms with Crippen LogP contribution in [0.15, 0.2) is 18.5 Å². The summed E-state index contributed by atoms with van der Waals surface area (Å²) in [6.07, 6.45) is 3.15. The fraction of sp³-hybridized carbons (Fsp3) is 0.273. The molecule has 2 rings (SSSR count). The molecule has 0 aliphatic carbocycles. The van der Waals surface area contributed by atoms with Crippen molar-refractivity contribution >= 4 is 16.8 Å². The van der Waals surface area contributed by atoms with Gasteiger partial charge in [0.05, 0.1) is 13.3 Å². The summed E-state index contributed by atoms with van der Waals surface area (Å²) in [6, 6.07) is 1.74. The van der Waals surface area contributed by atoms with Gasteiger partial charge in [-0.2, -0.15) is 0 Å². The standard InChI is InChI=1S/C11H12N2O3/c1-7(15)10-5-13(6-14)11-9(10)3-8(16-2)4-12-11/h3-5,14H,6H2,1-2H3. The van der Waals surface area contributed by atoms with Crippen LogP contribution in [0.2, 0.25) is 0 Å². The molecule has 16 heavy (non-hydrogen) atoms. The molecule has 0 amide bonds. The summed E-state index contributed by atoms with van der Waals surface area (Å²) in [6.45, 7) is 1.28. The first-order valence-corrected chi connectivity index (χ1v) is 4.82. The van der Waals surface area contributed by atoms with E-state index >= 15 is 0 Å². The average molecular weight is 220 g/mol. The molecule has 0 aliphatic heterocycles. The number of fused-ring (bicyclic) bond motifs is 1. The summed E-state index contributed by atoms with van der Waals surface area (Å²) in [5, 5.41) is 9.83. The zero-order valence-corrected chi connectivity index (χ0v) is 9.10. The maximum atomic E-state index is 11.4. The number of nitrogens with zero attached hydrogens (tertiary/aromatic N) is 2. The molecule has 5 heteroatoms. The molecule has 0 aromatic carbocycles. The van der Waals surface area contributed by atoms with E-state index in [1.807, 2.05) is 0 Å². The van der Waals surface area contributed by atoms with Crippen LogP contribution < -0.4 is 4.74 Å². The van der Waals surface area contributed by atoms with Crippen LogP contribution in [-0.4, -0.2) is 27.6 Å². The van der Waals surface area contributed by atoms with E-state index in [4.69, 9.17) is 9.84 Å². The van der Waals surface area contributed by atoms with E-state index in [1.54, 1.807) is 25.6 Å². The summed E-state index contributed by atoms with van der Waals surface area (Å²) in [5.41, 5.74) is 1.11. The van der Waals surface area contributed by atoms with Crippen molar-refractivity contribution in [1.29, 1.82) is 0 Å². The van der Waals surface area contributed by atoms with Crippen molar-refractivity contribution in [2.24, 2.45) is 0 Å². The van der Waals surface area contributed by atoms with Crippen LogP contribution >= 0.6 is 0 Å². The number of pyridine rings is 1. The number of aromatic nitrogens is 2. The molecule has 0 saturated heterocycles. The molecule has 2 heterocycles. The van der Waals surface area contributed by atoms with Gasteiger partial charge in [0.1, 0.15) is 18.1 Å². The Morgan fingerprint density at radius 1 is 1.62 bits per heavy atom. The summed E-state index contributed by atoms with van der Waals surface area (Å²) < 4.78 is 6.57. The van der Waals surface area contributed by atoms with Gasteiger partial charge in [-0.1, -0.05) is 0 Å². The molecule has 0 aliphatic rings. The van der Waals surface area contributed by atoms with Crippen molar-refractivity contribution in [1.82, 2.24) is 9.55 Å². The largest absolute Gasteiger partial charge is 0.495 e. The van der Waals surface area contributed by atoms with Crippen molar-refractivity contribution in [3.05, 3.63) is 24.0 Å². The zero-order chi connectivity index (χ0) is 11.7. The molecule has 5 nitrogen and oxygen atoms in total. The molecule has 0 unspecified atom stereocenters. The molecule has 1 N–H and O–H groups in total. The molecule has 2 aromatic heterocycles. The molecule has 0 spiro atoms. The van der Waals surface area contributed by atoms with Crippen LogP contribution in [0.3, 0.4) is 0 Å². The molecule has 0 radical (unpaired) electrons. The lowest BCUT2D eigenvalue weighted by Gasteiger charge is -2.01. The molecule has 2 aromatic rings. The van der Waals surface area contributed by atoms with E-state index in [0.29, 0.717) is 22.3 Å². The first kappa shape index (κ1) is 10.6. The SMILES string of the molecule is COc1cnc2c(c1)c(C(C)=O)cn2CO. The van der Waals surface area contributed by atoms with Crippen molar-refractivity contribution in [3.63, 3.8) is 0 Å². The second kappa shape index (κ2) is 3.94. The molecular weight excluding hydrogens is 208 g/mol. The lowest BCUT2D eigenvalue weighted by Crippen LogP contribution is -1.95. The third-order valence-corrected chi connectivity index (χ3v) is 2.46. The van der Waals surface area contributed by atoms with Gasteiger partial charge in [-0.25, -0.2) is 4.98 Å². The number of carbonyl (C=O) groups is 1. The fourth-order valence-electron chi connectivity index (χ4n) is 1.65. The number of carbonyl (C=O) groups excluding carboxylic acids is 1. The zero-order valence-electron chi connectivity index (χ0n) is 9.10. The highest BCUT2D eigenvalue weighted by Gasteiger charge is 2.13. The van der Waals surface area contributed by atoms with Gasteiger partial charge in [-0.3, -0.25) is 4.79 Å². The van der Waals surface area contributed by atoms with Gasteiger partial charge in [0.15, 0.2) is 5.78 Å². The normalized spacial score (nSPS) is 10.7. The number of hydrogen-bond acceptors (Lipinski definition) is 4. The van der Waals surface area contributed by atoms with Gasteiger partial charge in [0.25, 0.3) is 0 Å². The van der Waals surface area contributed by atoms with Crippen LogP contribution in [-0.2, 0) is 6.73 Å².